The summed E-state index contributed by atoms with van der Waals surface area (Å²) < 4.78 is 1.80. The van der Waals surface area contributed by atoms with Gasteiger partial charge in [0.1, 0.15) is 10.8 Å². The molecule has 0 atom stereocenters. The molecule has 0 aliphatic heterocycles. The second-order valence-corrected chi connectivity index (χ2v) is 5.98. The molecule has 0 fully saturated rings. The molecular formula is C18H14ClN5. The van der Waals surface area contributed by atoms with E-state index in [1.165, 1.54) is 0 Å². The van der Waals surface area contributed by atoms with Crippen molar-refractivity contribution in [3.8, 4) is 22.4 Å². The highest BCUT2D eigenvalue weighted by Crippen LogP contribution is 2.32. The van der Waals surface area contributed by atoms with E-state index >= 15 is 0 Å². The van der Waals surface area contributed by atoms with Crippen LogP contribution in [0.3, 0.4) is 0 Å². The number of aryl methyl sites for hydroxylation is 2. The van der Waals surface area contributed by atoms with Crippen LogP contribution in [0.15, 0.2) is 48.9 Å². The zero-order valence-corrected chi connectivity index (χ0v) is 14.0. The van der Waals surface area contributed by atoms with Crippen LogP contribution in [0.5, 0.6) is 0 Å². The van der Waals surface area contributed by atoms with Crippen LogP contribution < -0.4 is 0 Å². The van der Waals surface area contributed by atoms with E-state index in [2.05, 4.69) is 20.1 Å². The highest BCUT2D eigenvalue weighted by molar-refractivity contribution is 6.29. The lowest BCUT2D eigenvalue weighted by atomic mass is 10.0. The van der Waals surface area contributed by atoms with E-state index in [1.54, 1.807) is 16.9 Å². The van der Waals surface area contributed by atoms with Gasteiger partial charge in [-0.3, -0.25) is 14.6 Å². The molecular weight excluding hydrogens is 322 g/mol. The Morgan fingerprint density at radius 1 is 1.04 bits per heavy atom. The maximum atomic E-state index is 6.01. The van der Waals surface area contributed by atoms with E-state index in [0.717, 1.165) is 39.1 Å². The van der Waals surface area contributed by atoms with Crippen LogP contribution in [0.4, 0.5) is 0 Å². The lowest BCUT2D eigenvalue weighted by Gasteiger charge is -2.06. The second kappa shape index (κ2) is 5.69. The van der Waals surface area contributed by atoms with Crippen molar-refractivity contribution in [1.82, 2.24) is 24.7 Å². The van der Waals surface area contributed by atoms with Gasteiger partial charge < -0.3 is 0 Å². The van der Waals surface area contributed by atoms with Gasteiger partial charge in [-0.05, 0) is 37.3 Å². The second-order valence-electron chi connectivity index (χ2n) is 5.60. The lowest BCUT2D eigenvalue weighted by Crippen LogP contribution is -1.92. The minimum absolute atomic E-state index is 0.455. The van der Waals surface area contributed by atoms with Gasteiger partial charge in [0.05, 0.1) is 11.0 Å². The number of hydrogen-bond donors (Lipinski definition) is 0. The summed E-state index contributed by atoms with van der Waals surface area (Å²) in [5, 5.41) is 5.07. The minimum atomic E-state index is 0.455. The Hall–Kier alpha value is -2.79. The molecule has 0 amide bonds. The number of pyridine rings is 3. The highest BCUT2D eigenvalue weighted by atomic mass is 35.5. The fourth-order valence-corrected chi connectivity index (χ4v) is 2.92. The molecule has 0 saturated heterocycles. The Balaban J connectivity index is 1.93. The zero-order chi connectivity index (χ0) is 16.7. The average Bonchev–Trinajstić information content (AvgIpc) is 2.96. The van der Waals surface area contributed by atoms with Gasteiger partial charge >= 0.3 is 0 Å². The number of halogens is 1. The molecule has 0 radical (unpaired) electrons. The third-order valence-corrected chi connectivity index (χ3v) is 4.12. The first-order chi connectivity index (χ1) is 11.6. The number of aromatic nitrogens is 5. The third kappa shape index (κ3) is 2.53. The van der Waals surface area contributed by atoms with E-state index in [0.29, 0.717) is 5.15 Å². The molecule has 0 aliphatic rings. The predicted octanol–water partition coefficient (Wildman–Crippen LogP) is 4.05. The van der Waals surface area contributed by atoms with Crippen molar-refractivity contribution in [2.24, 2.45) is 7.05 Å². The number of hydrogen-bond acceptors (Lipinski definition) is 4. The molecule has 0 N–H and O–H groups in total. The van der Waals surface area contributed by atoms with Crippen molar-refractivity contribution in [3.63, 3.8) is 0 Å². The van der Waals surface area contributed by atoms with Crippen molar-refractivity contribution in [2.75, 3.05) is 0 Å². The van der Waals surface area contributed by atoms with Gasteiger partial charge in [-0.1, -0.05) is 11.6 Å². The first-order valence-electron chi connectivity index (χ1n) is 7.50. The van der Waals surface area contributed by atoms with Gasteiger partial charge in [-0.15, -0.1) is 0 Å². The van der Waals surface area contributed by atoms with Gasteiger partial charge in [-0.25, -0.2) is 4.98 Å². The fraction of sp³-hybridized carbons (Fsp3) is 0.111. The van der Waals surface area contributed by atoms with Gasteiger partial charge in [-0.2, -0.15) is 5.10 Å². The number of rotatable bonds is 2. The molecule has 118 valence electrons. The molecule has 4 rings (SSSR count). The molecule has 0 unspecified atom stereocenters. The van der Waals surface area contributed by atoms with Crippen LogP contribution in [0.2, 0.25) is 5.15 Å². The van der Waals surface area contributed by atoms with Crippen LogP contribution in [-0.4, -0.2) is 24.7 Å². The van der Waals surface area contributed by atoms with Crippen molar-refractivity contribution < 1.29 is 0 Å². The monoisotopic (exact) mass is 335 g/mol. The summed E-state index contributed by atoms with van der Waals surface area (Å²) in [4.78, 5) is 13.2. The maximum absolute atomic E-state index is 6.01. The first kappa shape index (κ1) is 14.8. The molecule has 0 saturated carbocycles. The molecule has 4 aromatic heterocycles. The summed E-state index contributed by atoms with van der Waals surface area (Å²) in [6, 6.07) is 9.54. The van der Waals surface area contributed by atoms with Gasteiger partial charge in [0, 0.05) is 48.0 Å². The molecule has 4 heterocycles. The van der Waals surface area contributed by atoms with Crippen molar-refractivity contribution in [2.45, 2.75) is 6.92 Å². The molecule has 0 spiro atoms. The summed E-state index contributed by atoms with van der Waals surface area (Å²) in [6.45, 7) is 1.98. The summed E-state index contributed by atoms with van der Waals surface area (Å²) in [5.41, 5.74) is 6.34. The van der Waals surface area contributed by atoms with Crippen molar-refractivity contribution in [3.05, 3.63) is 59.8 Å². The topological polar surface area (TPSA) is 56.5 Å². The average molecular weight is 336 g/mol. The van der Waals surface area contributed by atoms with Gasteiger partial charge in [0.2, 0.25) is 0 Å². The zero-order valence-electron chi connectivity index (χ0n) is 13.2. The van der Waals surface area contributed by atoms with Crippen LogP contribution >= 0.6 is 11.6 Å². The molecule has 0 aromatic carbocycles. The summed E-state index contributed by atoms with van der Waals surface area (Å²) >= 11 is 6.01. The van der Waals surface area contributed by atoms with Crippen LogP contribution in [-0.2, 0) is 7.05 Å². The van der Waals surface area contributed by atoms with Gasteiger partial charge in [0.15, 0.2) is 0 Å². The fourth-order valence-electron chi connectivity index (χ4n) is 2.76. The Morgan fingerprint density at radius 3 is 2.75 bits per heavy atom. The van der Waals surface area contributed by atoms with E-state index in [4.69, 9.17) is 11.6 Å². The van der Waals surface area contributed by atoms with E-state index < -0.39 is 0 Å². The molecule has 6 heteroatoms. The smallest absolute Gasteiger partial charge is 0.129 e. The minimum Gasteiger partial charge on any atom is -0.275 e. The summed E-state index contributed by atoms with van der Waals surface area (Å²) in [7, 11) is 1.91. The van der Waals surface area contributed by atoms with E-state index in [-0.39, 0.29) is 0 Å². The summed E-state index contributed by atoms with van der Waals surface area (Å²) in [5.74, 6) is 0. The Labute approximate surface area is 144 Å². The molecule has 4 aromatic rings. The molecule has 0 bridgehead atoms. The Kier molecular flexibility index (Phi) is 3.50. The Morgan fingerprint density at radius 2 is 1.92 bits per heavy atom. The normalized spacial score (nSPS) is 11.1. The predicted molar refractivity (Wildman–Crippen MR) is 94.7 cm³/mol. The first-order valence-corrected chi connectivity index (χ1v) is 7.88. The summed E-state index contributed by atoms with van der Waals surface area (Å²) in [6.07, 6.45) is 5.60. The van der Waals surface area contributed by atoms with Crippen LogP contribution in [0.25, 0.3) is 33.4 Å². The number of fused-ring (bicyclic) bond motifs is 1. The highest BCUT2D eigenvalue weighted by Gasteiger charge is 2.15. The van der Waals surface area contributed by atoms with E-state index in [1.807, 2.05) is 50.6 Å². The standard InChI is InChI=1S/C18H14ClN5/c1-11-13(4-3-7-20-11)18-14(10-24(2)23-18)12-8-16-15(21-9-12)5-6-17(19)22-16/h3-10H,1-2H3. The molecule has 0 aliphatic carbocycles. The third-order valence-electron chi connectivity index (χ3n) is 3.91. The maximum Gasteiger partial charge on any atom is 0.129 e. The molecule has 24 heavy (non-hydrogen) atoms. The van der Waals surface area contributed by atoms with Crippen molar-refractivity contribution in [1.29, 1.82) is 0 Å². The van der Waals surface area contributed by atoms with Crippen LogP contribution in [0, 0.1) is 6.92 Å². The number of nitrogens with zero attached hydrogens (tertiary/aromatic N) is 5. The SMILES string of the molecule is Cc1ncccc1-c1nn(C)cc1-c1cnc2ccc(Cl)nc2c1. The van der Waals surface area contributed by atoms with E-state index in [9.17, 15) is 0 Å². The van der Waals surface area contributed by atoms with Crippen LogP contribution in [0.1, 0.15) is 5.69 Å². The Bertz CT molecular complexity index is 1050. The van der Waals surface area contributed by atoms with Gasteiger partial charge in [0.25, 0.3) is 0 Å². The largest absolute Gasteiger partial charge is 0.275 e. The lowest BCUT2D eigenvalue weighted by molar-refractivity contribution is 0.770. The quantitative estimate of drug-likeness (QED) is 0.518. The molecule has 5 nitrogen and oxygen atoms in total. The van der Waals surface area contributed by atoms with Crippen molar-refractivity contribution >= 4 is 22.6 Å².